The van der Waals surface area contributed by atoms with Gasteiger partial charge in [-0.25, -0.2) is 4.98 Å². The number of rotatable bonds is 4. The first-order valence-corrected chi connectivity index (χ1v) is 8.27. The largest absolute Gasteiger partial charge is 0.464 e. The predicted molar refractivity (Wildman–Crippen MR) is 95.4 cm³/mol. The molecule has 0 spiro atoms. The second-order valence-corrected chi connectivity index (χ2v) is 6.38. The molecule has 0 fully saturated rings. The van der Waals surface area contributed by atoms with Crippen LogP contribution in [0.25, 0.3) is 11.1 Å². The van der Waals surface area contributed by atoms with E-state index in [0.717, 1.165) is 22.4 Å². The molecule has 1 atom stereocenters. The maximum Gasteiger partial charge on any atom is 0.261 e. The highest BCUT2D eigenvalue weighted by Gasteiger charge is 2.32. The van der Waals surface area contributed by atoms with E-state index in [-0.39, 0.29) is 17.9 Å². The SMILES string of the molecule is CC(=O)Nc1cccc(-c2ccnc3c2CC(C(=O)NC(C)C)O3)c1. The smallest absolute Gasteiger partial charge is 0.261 e. The number of hydrogen-bond donors (Lipinski definition) is 2. The Morgan fingerprint density at radius 3 is 2.80 bits per heavy atom. The third-order valence-corrected chi connectivity index (χ3v) is 3.88. The number of carbonyl (C=O) groups is 2. The fraction of sp³-hybridized carbons (Fsp3) is 0.316. The van der Waals surface area contributed by atoms with Gasteiger partial charge < -0.3 is 15.4 Å². The minimum absolute atomic E-state index is 0.0570. The minimum atomic E-state index is -0.565. The van der Waals surface area contributed by atoms with E-state index in [0.29, 0.717) is 12.3 Å². The molecule has 3 rings (SSSR count). The Hall–Kier alpha value is -2.89. The number of nitrogens with zero attached hydrogens (tertiary/aromatic N) is 1. The lowest BCUT2D eigenvalue weighted by Crippen LogP contribution is -2.40. The van der Waals surface area contributed by atoms with E-state index < -0.39 is 6.10 Å². The van der Waals surface area contributed by atoms with Gasteiger partial charge in [0.2, 0.25) is 11.8 Å². The van der Waals surface area contributed by atoms with Crippen LogP contribution in [0.4, 0.5) is 5.69 Å². The lowest BCUT2D eigenvalue weighted by molar-refractivity contribution is -0.127. The summed E-state index contributed by atoms with van der Waals surface area (Å²) in [5, 5.41) is 5.65. The lowest BCUT2D eigenvalue weighted by Gasteiger charge is -2.13. The fourth-order valence-corrected chi connectivity index (χ4v) is 2.90. The molecule has 2 heterocycles. The van der Waals surface area contributed by atoms with E-state index in [9.17, 15) is 9.59 Å². The number of hydrogen-bond acceptors (Lipinski definition) is 4. The Bertz CT molecular complexity index is 817. The first kappa shape index (κ1) is 17.0. The van der Waals surface area contributed by atoms with Gasteiger partial charge in [0.05, 0.1) is 0 Å². The standard InChI is InChI=1S/C19H21N3O3/c1-11(2)21-18(24)17-10-16-15(7-8-20-19(16)25-17)13-5-4-6-14(9-13)22-12(3)23/h4-9,11,17H,10H2,1-3H3,(H,21,24)(H,22,23). The van der Waals surface area contributed by atoms with E-state index in [2.05, 4.69) is 15.6 Å². The van der Waals surface area contributed by atoms with Gasteiger partial charge in [-0.3, -0.25) is 9.59 Å². The number of ether oxygens (including phenoxy) is 1. The molecule has 0 saturated carbocycles. The molecule has 25 heavy (non-hydrogen) atoms. The topological polar surface area (TPSA) is 80.3 Å². The average molecular weight is 339 g/mol. The third kappa shape index (κ3) is 3.79. The van der Waals surface area contributed by atoms with Crippen LogP contribution in [0.15, 0.2) is 36.5 Å². The molecule has 1 aliphatic rings. The van der Waals surface area contributed by atoms with Crippen molar-refractivity contribution in [2.24, 2.45) is 0 Å². The summed E-state index contributed by atoms with van der Waals surface area (Å²) in [6.07, 6.45) is 1.58. The molecule has 0 bridgehead atoms. The van der Waals surface area contributed by atoms with Crippen molar-refractivity contribution in [3.63, 3.8) is 0 Å². The van der Waals surface area contributed by atoms with Crippen LogP contribution in [0.3, 0.4) is 0 Å². The number of aromatic nitrogens is 1. The van der Waals surface area contributed by atoms with Crippen molar-refractivity contribution in [1.29, 1.82) is 0 Å². The van der Waals surface area contributed by atoms with Gasteiger partial charge in [0.15, 0.2) is 6.10 Å². The summed E-state index contributed by atoms with van der Waals surface area (Å²) in [6, 6.07) is 9.54. The molecule has 130 valence electrons. The fourth-order valence-electron chi connectivity index (χ4n) is 2.90. The molecule has 1 aliphatic heterocycles. The zero-order valence-corrected chi connectivity index (χ0v) is 14.5. The van der Waals surface area contributed by atoms with Crippen molar-refractivity contribution >= 4 is 17.5 Å². The maximum atomic E-state index is 12.2. The van der Waals surface area contributed by atoms with Gasteiger partial charge in [0.1, 0.15) is 0 Å². The summed E-state index contributed by atoms with van der Waals surface area (Å²) in [4.78, 5) is 27.8. The Labute approximate surface area is 146 Å². The highest BCUT2D eigenvalue weighted by molar-refractivity contribution is 5.90. The molecular weight excluding hydrogens is 318 g/mol. The molecule has 6 heteroatoms. The predicted octanol–water partition coefficient (Wildman–Crippen LogP) is 2.54. The van der Waals surface area contributed by atoms with Crippen LogP contribution in [-0.2, 0) is 16.0 Å². The van der Waals surface area contributed by atoms with Crippen LogP contribution in [0.5, 0.6) is 5.88 Å². The maximum absolute atomic E-state index is 12.2. The number of benzene rings is 1. The third-order valence-electron chi connectivity index (χ3n) is 3.88. The highest BCUT2D eigenvalue weighted by atomic mass is 16.5. The summed E-state index contributed by atoms with van der Waals surface area (Å²) in [5.74, 6) is 0.239. The van der Waals surface area contributed by atoms with Crippen LogP contribution in [-0.4, -0.2) is 28.9 Å². The molecule has 1 unspecified atom stereocenters. The summed E-state index contributed by atoms with van der Waals surface area (Å²) in [6.45, 7) is 5.30. The monoisotopic (exact) mass is 339 g/mol. The number of pyridine rings is 1. The van der Waals surface area contributed by atoms with Crippen LogP contribution in [0.2, 0.25) is 0 Å². The lowest BCUT2D eigenvalue weighted by atomic mass is 9.98. The molecule has 0 saturated heterocycles. The van der Waals surface area contributed by atoms with Crippen molar-refractivity contribution in [2.75, 3.05) is 5.32 Å². The Morgan fingerprint density at radius 2 is 2.08 bits per heavy atom. The number of carbonyl (C=O) groups excluding carboxylic acids is 2. The van der Waals surface area contributed by atoms with Gasteiger partial charge in [-0.05, 0) is 43.2 Å². The van der Waals surface area contributed by atoms with E-state index in [4.69, 9.17) is 4.74 Å². The highest BCUT2D eigenvalue weighted by Crippen LogP contribution is 2.36. The van der Waals surface area contributed by atoms with Crippen molar-refractivity contribution < 1.29 is 14.3 Å². The number of anilines is 1. The molecule has 2 amide bonds. The van der Waals surface area contributed by atoms with Gasteiger partial charge in [-0.2, -0.15) is 0 Å². The molecule has 1 aromatic carbocycles. The van der Waals surface area contributed by atoms with E-state index >= 15 is 0 Å². The molecular formula is C19H21N3O3. The van der Waals surface area contributed by atoms with E-state index in [1.165, 1.54) is 6.92 Å². The van der Waals surface area contributed by atoms with E-state index in [1.807, 2.05) is 44.2 Å². The zero-order valence-electron chi connectivity index (χ0n) is 14.5. The molecule has 0 aliphatic carbocycles. The van der Waals surface area contributed by atoms with Crippen LogP contribution >= 0.6 is 0 Å². The quantitative estimate of drug-likeness (QED) is 0.897. The summed E-state index contributed by atoms with van der Waals surface area (Å²) in [7, 11) is 0. The average Bonchev–Trinajstić information content (AvgIpc) is 2.98. The van der Waals surface area contributed by atoms with Crippen LogP contribution in [0.1, 0.15) is 26.3 Å². The second-order valence-electron chi connectivity index (χ2n) is 6.38. The molecule has 6 nitrogen and oxygen atoms in total. The minimum Gasteiger partial charge on any atom is -0.464 e. The van der Waals surface area contributed by atoms with Gasteiger partial charge in [0, 0.05) is 36.8 Å². The Kier molecular flexibility index (Phi) is 4.70. The number of amides is 2. The first-order chi connectivity index (χ1) is 11.9. The van der Waals surface area contributed by atoms with Crippen molar-refractivity contribution in [2.45, 2.75) is 39.3 Å². The summed E-state index contributed by atoms with van der Waals surface area (Å²) >= 11 is 0. The summed E-state index contributed by atoms with van der Waals surface area (Å²) < 4.78 is 5.73. The zero-order chi connectivity index (χ0) is 18.0. The Balaban J connectivity index is 1.89. The van der Waals surface area contributed by atoms with Gasteiger partial charge in [-0.1, -0.05) is 12.1 Å². The van der Waals surface area contributed by atoms with Crippen LogP contribution < -0.4 is 15.4 Å². The summed E-state index contributed by atoms with van der Waals surface area (Å²) in [5.41, 5.74) is 3.53. The van der Waals surface area contributed by atoms with E-state index in [1.54, 1.807) is 6.20 Å². The van der Waals surface area contributed by atoms with Crippen molar-refractivity contribution in [3.05, 3.63) is 42.1 Å². The number of nitrogens with one attached hydrogen (secondary N) is 2. The molecule has 0 radical (unpaired) electrons. The second kappa shape index (κ2) is 6.93. The first-order valence-electron chi connectivity index (χ1n) is 8.27. The van der Waals surface area contributed by atoms with Gasteiger partial charge in [-0.15, -0.1) is 0 Å². The normalized spacial score (nSPS) is 15.4. The van der Waals surface area contributed by atoms with Crippen molar-refractivity contribution in [1.82, 2.24) is 10.3 Å². The van der Waals surface area contributed by atoms with Gasteiger partial charge >= 0.3 is 0 Å². The van der Waals surface area contributed by atoms with Crippen LogP contribution in [0, 0.1) is 0 Å². The number of fused-ring (bicyclic) bond motifs is 1. The Morgan fingerprint density at radius 1 is 1.28 bits per heavy atom. The molecule has 2 N–H and O–H groups in total. The van der Waals surface area contributed by atoms with Crippen molar-refractivity contribution in [3.8, 4) is 17.0 Å². The molecule has 1 aromatic heterocycles. The van der Waals surface area contributed by atoms with Gasteiger partial charge in [0.25, 0.3) is 5.91 Å². The molecule has 2 aromatic rings.